The van der Waals surface area contributed by atoms with Gasteiger partial charge in [0.25, 0.3) is 0 Å². The summed E-state index contributed by atoms with van der Waals surface area (Å²) in [6.07, 6.45) is 0.427. The molecule has 1 aromatic rings. The molecule has 3 N–H and O–H groups in total. The van der Waals surface area contributed by atoms with Crippen LogP contribution in [0.5, 0.6) is 0 Å². The van der Waals surface area contributed by atoms with Crippen molar-refractivity contribution in [2.24, 2.45) is 17.6 Å². The topological polar surface area (TPSA) is 59.1 Å². The number of aromatic nitrogens is 1. The molecule has 0 bridgehead atoms. The zero-order valence-corrected chi connectivity index (χ0v) is 10.4. The molecule has 15 heavy (non-hydrogen) atoms. The summed E-state index contributed by atoms with van der Waals surface area (Å²) in [5.74, 6) is 0.666. The van der Waals surface area contributed by atoms with E-state index in [-0.39, 0.29) is 5.92 Å². The van der Waals surface area contributed by atoms with Crippen molar-refractivity contribution >= 4 is 11.3 Å². The summed E-state index contributed by atoms with van der Waals surface area (Å²) in [7, 11) is 0. The van der Waals surface area contributed by atoms with Gasteiger partial charge in [0.15, 0.2) is 0 Å². The van der Waals surface area contributed by atoms with E-state index >= 15 is 0 Å². The monoisotopic (exact) mass is 228 g/mol. The van der Waals surface area contributed by atoms with Crippen LogP contribution < -0.4 is 5.73 Å². The Balaban J connectivity index is 2.68. The van der Waals surface area contributed by atoms with Gasteiger partial charge in [-0.3, -0.25) is 0 Å². The molecule has 0 amide bonds. The fourth-order valence-electron chi connectivity index (χ4n) is 1.72. The Labute approximate surface area is 95.3 Å². The van der Waals surface area contributed by atoms with Gasteiger partial charge < -0.3 is 10.8 Å². The van der Waals surface area contributed by atoms with Gasteiger partial charge >= 0.3 is 0 Å². The van der Waals surface area contributed by atoms with Crippen LogP contribution in [0.15, 0.2) is 5.38 Å². The van der Waals surface area contributed by atoms with Gasteiger partial charge in [-0.15, -0.1) is 11.3 Å². The average Bonchev–Trinajstić information content (AvgIpc) is 2.60. The summed E-state index contributed by atoms with van der Waals surface area (Å²) in [5, 5.41) is 13.0. The van der Waals surface area contributed by atoms with Crippen molar-refractivity contribution in [1.29, 1.82) is 0 Å². The first-order chi connectivity index (χ1) is 7.04. The summed E-state index contributed by atoms with van der Waals surface area (Å²) in [6.45, 7) is 6.74. The van der Waals surface area contributed by atoms with Crippen molar-refractivity contribution < 1.29 is 5.11 Å². The number of aryl methyl sites for hydroxylation is 1. The van der Waals surface area contributed by atoms with E-state index in [1.54, 1.807) is 11.3 Å². The smallest absolute Gasteiger partial charge is 0.101 e. The minimum Gasteiger partial charge on any atom is -0.386 e. The molecule has 1 rings (SSSR count). The Morgan fingerprint density at radius 2 is 2.20 bits per heavy atom. The summed E-state index contributed by atoms with van der Waals surface area (Å²) < 4.78 is 0. The third-order valence-electron chi connectivity index (χ3n) is 2.46. The molecule has 0 saturated heterocycles. The first-order valence-electron chi connectivity index (χ1n) is 5.34. The molecule has 0 aliphatic rings. The number of hydrogen-bond acceptors (Lipinski definition) is 4. The predicted molar refractivity (Wildman–Crippen MR) is 63.8 cm³/mol. The Bertz CT molecular complexity index is 299. The van der Waals surface area contributed by atoms with E-state index < -0.39 is 6.10 Å². The Morgan fingerprint density at radius 3 is 2.60 bits per heavy atom. The molecule has 0 saturated carbocycles. The molecule has 1 aromatic heterocycles. The molecule has 0 fully saturated rings. The fraction of sp³-hybridized carbons (Fsp3) is 0.727. The standard InChI is InChI=1S/C11H20N2OS/c1-7(2)4-9(5-12)11(14)10-6-15-8(3)13-10/h6-7,9,11,14H,4-5,12H2,1-3H3. The SMILES string of the molecule is Cc1nc(C(O)C(CN)CC(C)C)cs1. The quantitative estimate of drug-likeness (QED) is 0.811. The number of nitrogens with two attached hydrogens (primary N) is 1. The Morgan fingerprint density at radius 1 is 1.53 bits per heavy atom. The summed E-state index contributed by atoms with van der Waals surface area (Å²) >= 11 is 1.57. The second kappa shape index (κ2) is 5.58. The fourth-order valence-corrected chi connectivity index (χ4v) is 2.36. The Kier molecular flexibility index (Phi) is 4.70. The van der Waals surface area contributed by atoms with Crippen LogP contribution in [0.4, 0.5) is 0 Å². The first kappa shape index (κ1) is 12.6. The number of aliphatic hydroxyl groups is 1. The van der Waals surface area contributed by atoms with E-state index in [9.17, 15) is 5.11 Å². The lowest BCUT2D eigenvalue weighted by Gasteiger charge is -2.21. The first-order valence-corrected chi connectivity index (χ1v) is 6.22. The van der Waals surface area contributed by atoms with Gasteiger partial charge in [0.2, 0.25) is 0 Å². The van der Waals surface area contributed by atoms with Crippen molar-refractivity contribution in [1.82, 2.24) is 4.98 Å². The molecule has 1 heterocycles. The number of rotatable bonds is 5. The van der Waals surface area contributed by atoms with Gasteiger partial charge in [-0.2, -0.15) is 0 Å². The second-order valence-electron chi connectivity index (χ2n) is 4.36. The minimum atomic E-state index is -0.512. The number of thiazole rings is 1. The highest BCUT2D eigenvalue weighted by atomic mass is 32.1. The van der Waals surface area contributed by atoms with Crippen molar-refractivity contribution in [2.45, 2.75) is 33.3 Å². The van der Waals surface area contributed by atoms with Crippen LogP contribution >= 0.6 is 11.3 Å². The van der Waals surface area contributed by atoms with Gasteiger partial charge in [0, 0.05) is 11.3 Å². The molecule has 0 aromatic carbocycles. The second-order valence-corrected chi connectivity index (χ2v) is 5.42. The van der Waals surface area contributed by atoms with Crippen LogP contribution in [0, 0.1) is 18.8 Å². The minimum absolute atomic E-state index is 0.117. The lowest BCUT2D eigenvalue weighted by atomic mass is 9.91. The normalized spacial score (nSPS) is 15.6. The zero-order valence-electron chi connectivity index (χ0n) is 9.60. The van der Waals surface area contributed by atoms with E-state index in [4.69, 9.17) is 5.73 Å². The van der Waals surface area contributed by atoms with E-state index in [0.717, 1.165) is 17.1 Å². The molecule has 0 aliphatic heterocycles. The number of aliphatic hydroxyl groups excluding tert-OH is 1. The van der Waals surface area contributed by atoms with Crippen LogP contribution in [0.1, 0.15) is 37.1 Å². The van der Waals surface area contributed by atoms with Gasteiger partial charge in [-0.25, -0.2) is 4.98 Å². The maximum atomic E-state index is 10.1. The summed E-state index contributed by atoms with van der Waals surface area (Å²) in [5.41, 5.74) is 6.45. The highest BCUT2D eigenvalue weighted by Crippen LogP contribution is 2.27. The molecule has 0 radical (unpaired) electrons. The third kappa shape index (κ3) is 3.55. The van der Waals surface area contributed by atoms with Gasteiger partial charge in [0.1, 0.15) is 6.10 Å². The third-order valence-corrected chi connectivity index (χ3v) is 3.25. The van der Waals surface area contributed by atoms with E-state index in [1.807, 2.05) is 12.3 Å². The van der Waals surface area contributed by atoms with Crippen LogP contribution in [0.3, 0.4) is 0 Å². The van der Waals surface area contributed by atoms with Crippen molar-refractivity contribution in [3.8, 4) is 0 Å². The summed E-state index contributed by atoms with van der Waals surface area (Å²) in [6, 6.07) is 0. The van der Waals surface area contributed by atoms with E-state index in [2.05, 4.69) is 18.8 Å². The maximum Gasteiger partial charge on any atom is 0.101 e. The average molecular weight is 228 g/mol. The Hall–Kier alpha value is -0.450. The molecule has 4 heteroatoms. The van der Waals surface area contributed by atoms with Crippen LogP contribution in [-0.4, -0.2) is 16.6 Å². The summed E-state index contributed by atoms with van der Waals surface area (Å²) in [4.78, 5) is 4.30. The van der Waals surface area contributed by atoms with E-state index in [0.29, 0.717) is 12.5 Å². The van der Waals surface area contributed by atoms with E-state index in [1.165, 1.54) is 0 Å². The number of hydrogen-bond donors (Lipinski definition) is 2. The van der Waals surface area contributed by atoms with Crippen molar-refractivity contribution in [2.75, 3.05) is 6.54 Å². The molecule has 2 unspecified atom stereocenters. The van der Waals surface area contributed by atoms with Crippen molar-refractivity contribution in [3.63, 3.8) is 0 Å². The van der Waals surface area contributed by atoms with Crippen molar-refractivity contribution in [3.05, 3.63) is 16.1 Å². The molecular weight excluding hydrogens is 208 g/mol. The number of nitrogens with zero attached hydrogens (tertiary/aromatic N) is 1. The van der Waals surface area contributed by atoms with Gasteiger partial charge in [0.05, 0.1) is 10.7 Å². The largest absolute Gasteiger partial charge is 0.386 e. The lowest BCUT2D eigenvalue weighted by Crippen LogP contribution is -2.23. The van der Waals surface area contributed by atoms with Gasteiger partial charge in [-0.05, 0) is 25.8 Å². The molecule has 0 aliphatic carbocycles. The molecule has 86 valence electrons. The van der Waals surface area contributed by atoms with Crippen LogP contribution in [0.25, 0.3) is 0 Å². The van der Waals surface area contributed by atoms with Gasteiger partial charge in [-0.1, -0.05) is 13.8 Å². The molecule has 2 atom stereocenters. The highest BCUT2D eigenvalue weighted by Gasteiger charge is 2.22. The van der Waals surface area contributed by atoms with Crippen LogP contribution in [-0.2, 0) is 0 Å². The maximum absolute atomic E-state index is 10.1. The molecule has 0 spiro atoms. The zero-order chi connectivity index (χ0) is 11.4. The highest BCUT2D eigenvalue weighted by molar-refractivity contribution is 7.09. The van der Waals surface area contributed by atoms with Crippen LogP contribution in [0.2, 0.25) is 0 Å². The lowest BCUT2D eigenvalue weighted by molar-refractivity contribution is 0.0960. The predicted octanol–water partition coefficient (Wildman–Crippen LogP) is 2.11. The molecule has 3 nitrogen and oxygen atoms in total. The molecular formula is C11H20N2OS.